The Morgan fingerprint density at radius 2 is 0.907 bits per heavy atom. The predicted molar refractivity (Wildman–Crippen MR) is 155 cm³/mol. The Morgan fingerprint density at radius 1 is 0.512 bits per heavy atom. The molecule has 210 valence electrons. The third kappa shape index (κ3) is 4.33. The molecule has 2 N–H and O–H groups in total. The lowest BCUT2D eigenvalue weighted by atomic mass is 9.68. The van der Waals surface area contributed by atoms with Crippen molar-refractivity contribution in [3.63, 3.8) is 0 Å². The molecule has 0 atom stereocenters. The van der Waals surface area contributed by atoms with Gasteiger partial charge in [-0.2, -0.15) is 0 Å². The Labute approximate surface area is 245 Å². The Hall–Kier alpha value is -6.02. The van der Waals surface area contributed by atoms with Gasteiger partial charge in [0.2, 0.25) is 11.5 Å². The number of ether oxygens (including phenoxy) is 2. The van der Waals surface area contributed by atoms with Gasteiger partial charge < -0.3 is 28.5 Å². The number of carbonyl (C=O) groups is 2. The summed E-state index contributed by atoms with van der Waals surface area (Å²) in [6.07, 6.45) is 0. The minimum absolute atomic E-state index is 0.0824. The van der Waals surface area contributed by atoms with Crippen molar-refractivity contribution in [2.45, 2.75) is 5.41 Å². The Morgan fingerprint density at radius 3 is 1.28 bits per heavy atom. The summed E-state index contributed by atoms with van der Waals surface area (Å²) >= 11 is 0. The molecular formula is C35H22O8. The molecule has 2 heterocycles. The monoisotopic (exact) mass is 570 g/mol. The minimum atomic E-state index is -1.17. The van der Waals surface area contributed by atoms with Crippen LogP contribution in [-0.2, 0) is 5.41 Å². The number of hydrogen-bond acceptors (Lipinski definition) is 6. The van der Waals surface area contributed by atoms with Crippen LogP contribution in [-0.4, -0.2) is 22.2 Å². The van der Waals surface area contributed by atoms with E-state index in [1.54, 1.807) is 0 Å². The largest absolute Gasteiger partial charge is 0.475 e. The average Bonchev–Trinajstić information content (AvgIpc) is 3.76. The van der Waals surface area contributed by atoms with E-state index in [-0.39, 0.29) is 23.4 Å². The molecule has 7 rings (SSSR count). The maximum absolute atomic E-state index is 11.2. The van der Waals surface area contributed by atoms with E-state index in [1.807, 2.05) is 72.8 Å². The third-order valence-electron chi connectivity index (χ3n) is 7.55. The number of benzene rings is 4. The van der Waals surface area contributed by atoms with Crippen LogP contribution in [0, 0.1) is 0 Å². The molecular weight excluding hydrogens is 548 g/mol. The summed E-state index contributed by atoms with van der Waals surface area (Å²) in [6, 6.07) is 37.6. The molecule has 6 aromatic rings. The first kappa shape index (κ1) is 25.9. The van der Waals surface area contributed by atoms with Crippen LogP contribution in [0.3, 0.4) is 0 Å². The molecule has 43 heavy (non-hydrogen) atoms. The van der Waals surface area contributed by atoms with E-state index in [0.717, 1.165) is 33.4 Å². The maximum Gasteiger partial charge on any atom is 0.371 e. The number of carboxylic acid groups (broad SMARTS) is 2. The Kier molecular flexibility index (Phi) is 6.09. The van der Waals surface area contributed by atoms with Crippen molar-refractivity contribution in [2.75, 3.05) is 0 Å². The van der Waals surface area contributed by atoms with Crippen molar-refractivity contribution in [2.24, 2.45) is 0 Å². The van der Waals surface area contributed by atoms with Crippen molar-refractivity contribution in [1.29, 1.82) is 0 Å². The van der Waals surface area contributed by atoms with Crippen LogP contribution in [0.15, 0.2) is 130 Å². The van der Waals surface area contributed by atoms with Gasteiger partial charge in [0.1, 0.15) is 11.5 Å². The fourth-order valence-electron chi connectivity index (χ4n) is 5.78. The molecule has 1 aliphatic carbocycles. The molecule has 1 aliphatic rings. The molecule has 8 heteroatoms. The van der Waals surface area contributed by atoms with Crippen molar-refractivity contribution in [3.05, 3.63) is 155 Å². The van der Waals surface area contributed by atoms with E-state index in [0.29, 0.717) is 11.5 Å². The van der Waals surface area contributed by atoms with Gasteiger partial charge in [0, 0.05) is 12.1 Å². The highest BCUT2D eigenvalue weighted by Gasteiger charge is 2.45. The predicted octanol–water partition coefficient (Wildman–Crippen LogP) is 8.22. The molecule has 0 unspecified atom stereocenters. The van der Waals surface area contributed by atoms with Gasteiger partial charge in [0.15, 0.2) is 0 Å². The lowest BCUT2D eigenvalue weighted by molar-refractivity contribution is 0.0648. The number of furan rings is 2. The quantitative estimate of drug-likeness (QED) is 0.188. The first-order valence-corrected chi connectivity index (χ1v) is 13.4. The van der Waals surface area contributed by atoms with Crippen LogP contribution in [0.1, 0.15) is 43.4 Å². The Bertz CT molecular complexity index is 1830. The summed E-state index contributed by atoms with van der Waals surface area (Å²) in [7, 11) is 0. The lowest BCUT2D eigenvalue weighted by Crippen LogP contribution is -2.28. The molecule has 8 nitrogen and oxygen atoms in total. The first-order valence-electron chi connectivity index (χ1n) is 13.4. The lowest BCUT2D eigenvalue weighted by Gasteiger charge is -2.34. The summed E-state index contributed by atoms with van der Waals surface area (Å²) in [5.74, 6) is -1.59. The second kappa shape index (κ2) is 10.1. The second-order valence-electron chi connectivity index (χ2n) is 9.94. The molecule has 0 saturated carbocycles. The highest BCUT2D eigenvalue weighted by atomic mass is 16.6. The van der Waals surface area contributed by atoms with E-state index in [4.69, 9.17) is 28.5 Å². The molecule has 0 bridgehead atoms. The van der Waals surface area contributed by atoms with Gasteiger partial charge in [-0.05, 0) is 69.8 Å². The van der Waals surface area contributed by atoms with Crippen LogP contribution >= 0.6 is 0 Å². The summed E-state index contributed by atoms with van der Waals surface area (Å²) in [5, 5.41) is 18.3. The van der Waals surface area contributed by atoms with Gasteiger partial charge in [0.05, 0.1) is 5.41 Å². The fourth-order valence-corrected chi connectivity index (χ4v) is 5.78. The van der Waals surface area contributed by atoms with E-state index in [1.165, 1.54) is 24.3 Å². The first-order chi connectivity index (χ1) is 20.9. The topological polar surface area (TPSA) is 119 Å². The molecule has 0 spiro atoms. The van der Waals surface area contributed by atoms with Gasteiger partial charge in [0.25, 0.3) is 11.9 Å². The molecule has 0 fully saturated rings. The van der Waals surface area contributed by atoms with Gasteiger partial charge in [-0.15, -0.1) is 0 Å². The maximum atomic E-state index is 11.2. The van der Waals surface area contributed by atoms with Gasteiger partial charge in [-0.25, -0.2) is 9.59 Å². The smallest absolute Gasteiger partial charge is 0.371 e. The molecule has 0 amide bonds. The van der Waals surface area contributed by atoms with E-state index >= 15 is 0 Å². The number of fused-ring (bicyclic) bond motifs is 3. The van der Waals surface area contributed by atoms with Crippen molar-refractivity contribution in [3.8, 4) is 34.5 Å². The van der Waals surface area contributed by atoms with E-state index in [9.17, 15) is 9.59 Å². The third-order valence-corrected chi connectivity index (χ3v) is 7.55. The fraction of sp³-hybridized carbons (Fsp3) is 0.0286. The van der Waals surface area contributed by atoms with Crippen LogP contribution in [0.25, 0.3) is 11.1 Å². The summed E-state index contributed by atoms with van der Waals surface area (Å²) in [5.41, 5.74) is 5.81. The summed E-state index contributed by atoms with van der Waals surface area (Å²) in [6.45, 7) is 0. The van der Waals surface area contributed by atoms with Crippen LogP contribution < -0.4 is 9.47 Å². The van der Waals surface area contributed by atoms with Crippen molar-refractivity contribution in [1.82, 2.24) is 0 Å². The zero-order valence-corrected chi connectivity index (χ0v) is 22.4. The zero-order valence-electron chi connectivity index (χ0n) is 22.4. The number of hydrogen-bond donors (Lipinski definition) is 2. The summed E-state index contributed by atoms with van der Waals surface area (Å²) < 4.78 is 22.1. The molecule has 2 aromatic heterocycles. The molecule has 0 saturated heterocycles. The zero-order chi connectivity index (χ0) is 29.6. The van der Waals surface area contributed by atoms with Crippen LogP contribution in [0.5, 0.6) is 23.4 Å². The normalized spacial score (nSPS) is 12.7. The Balaban J connectivity index is 1.31. The highest BCUT2D eigenvalue weighted by Crippen LogP contribution is 2.56. The highest BCUT2D eigenvalue weighted by molar-refractivity contribution is 5.86. The van der Waals surface area contributed by atoms with Gasteiger partial charge in [-0.3, -0.25) is 0 Å². The number of carboxylic acids is 2. The number of aromatic carboxylic acids is 2. The van der Waals surface area contributed by atoms with Gasteiger partial charge in [-0.1, -0.05) is 72.8 Å². The van der Waals surface area contributed by atoms with Crippen molar-refractivity contribution >= 4 is 11.9 Å². The standard InChI is InChI=1S/C35H22O8/c36-33(37)29-17-19-31(42-29)40-23-13-9-21(10-14-23)35(27-7-3-1-5-25(27)26-6-2-4-8-28(26)35)22-11-15-24(16-12-22)41-32-20-18-30(43-32)34(38)39/h1-20H,(H,36,37)(H,38,39). The van der Waals surface area contributed by atoms with E-state index in [2.05, 4.69) is 24.3 Å². The molecule has 0 aliphatic heterocycles. The van der Waals surface area contributed by atoms with E-state index < -0.39 is 17.4 Å². The van der Waals surface area contributed by atoms with Crippen LogP contribution in [0.2, 0.25) is 0 Å². The van der Waals surface area contributed by atoms with Gasteiger partial charge >= 0.3 is 11.9 Å². The van der Waals surface area contributed by atoms with Crippen molar-refractivity contribution < 1.29 is 38.1 Å². The second-order valence-corrected chi connectivity index (χ2v) is 9.94. The minimum Gasteiger partial charge on any atom is -0.475 e. The van der Waals surface area contributed by atoms with Crippen LogP contribution in [0.4, 0.5) is 0 Å². The molecule has 0 radical (unpaired) electrons. The molecule has 4 aromatic carbocycles. The summed E-state index contributed by atoms with van der Waals surface area (Å²) in [4.78, 5) is 22.4. The number of rotatable bonds is 8. The SMILES string of the molecule is O=C(O)c1ccc(Oc2ccc(C3(c4ccc(Oc5ccc(C(=O)O)o5)cc4)c4ccccc4-c4ccccc43)cc2)o1. The average molecular weight is 571 g/mol.